The molecule has 8 aromatic rings. The first-order chi connectivity index (χ1) is 24.1. The van der Waals surface area contributed by atoms with Gasteiger partial charge in [-0.2, -0.15) is 0 Å². The predicted molar refractivity (Wildman–Crippen MR) is 221 cm³/mol. The molecule has 0 bridgehead atoms. The fourth-order valence-corrected chi connectivity index (χ4v) is 7.77. The lowest BCUT2D eigenvalue weighted by Gasteiger charge is -2.19. The summed E-state index contributed by atoms with van der Waals surface area (Å²) >= 11 is 0. The maximum Gasteiger partial charge on any atom is 0.0541 e. The molecule has 6 aromatic carbocycles. The molecule has 2 heterocycles. The Balaban J connectivity index is 1.30. The average molecular weight is 667 g/mol. The molecule has 8 rings (SSSR count). The molecule has 0 unspecified atom stereocenters. The molecule has 0 aliphatic heterocycles. The Morgan fingerprint density at radius 1 is 0.353 bits per heavy atom. The minimum Gasteiger partial charge on any atom is -0.309 e. The lowest BCUT2D eigenvalue weighted by Crippen LogP contribution is -2.10. The fraction of sp³-hybridized carbons (Fsp3) is 0.265. The molecule has 0 amide bonds. The smallest absolute Gasteiger partial charge is 0.0541 e. The molecule has 51 heavy (non-hydrogen) atoms. The maximum absolute atomic E-state index is 2.46. The Hall–Kier alpha value is -5.08. The summed E-state index contributed by atoms with van der Waals surface area (Å²) in [4.78, 5) is 0. The highest BCUT2D eigenvalue weighted by molar-refractivity contribution is 6.11. The van der Waals surface area contributed by atoms with Crippen LogP contribution in [0.1, 0.15) is 84.6 Å². The lowest BCUT2D eigenvalue weighted by atomic mass is 9.85. The van der Waals surface area contributed by atoms with E-state index in [0.29, 0.717) is 0 Å². The zero-order valence-corrected chi connectivity index (χ0v) is 31.9. The van der Waals surface area contributed by atoms with Gasteiger partial charge in [-0.25, -0.2) is 0 Å². The highest BCUT2D eigenvalue weighted by Gasteiger charge is 2.22. The van der Waals surface area contributed by atoms with E-state index in [0.717, 1.165) is 0 Å². The first-order valence-electron chi connectivity index (χ1n) is 18.4. The first kappa shape index (κ1) is 33.1. The number of aromatic nitrogens is 2. The second-order valence-corrected chi connectivity index (χ2v) is 17.7. The van der Waals surface area contributed by atoms with Crippen LogP contribution in [0.25, 0.3) is 66.1 Å². The molecule has 256 valence electrons. The van der Waals surface area contributed by atoms with Gasteiger partial charge in [0.2, 0.25) is 0 Å². The van der Waals surface area contributed by atoms with E-state index in [4.69, 9.17) is 0 Å². The van der Waals surface area contributed by atoms with E-state index < -0.39 is 0 Å². The number of rotatable bonds is 3. The van der Waals surface area contributed by atoms with Crippen molar-refractivity contribution in [2.45, 2.75) is 85.5 Å². The zero-order valence-electron chi connectivity index (χ0n) is 31.9. The summed E-state index contributed by atoms with van der Waals surface area (Å²) in [6.45, 7) is 22.9. The molecule has 2 nitrogen and oxygen atoms in total. The van der Waals surface area contributed by atoms with Gasteiger partial charge >= 0.3 is 0 Å². The number of hydrogen-bond acceptors (Lipinski definition) is 0. The largest absolute Gasteiger partial charge is 0.309 e. The van der Waals surface area contributed by atoms with Crippen LogP contribution < -0.4 is 0 Å². The van der Waals surface area contributed by atoms with Crippen LogP contribution in [0, 0.1) is 6.92 Å². The van der Waals surface area contributed by atoms with Crippen LogP contribution in [0.3, 0.4) is 0 Å². The predicted octanol–water partition coefficient (Wildman–Crippen LogP) is 13.7. The third-order valence-electron chi connectivity index (χ3n) is 10.8. The molecule has 0 spiro atoms. The van der Waals surface area contributed by atoms with E-state index in [1.54, 1.807) is 0 Å². The van der Waals surface area contributed by atoms with Gasteiger partial charge in [0.1, 0.15) is 0 Å². The van der Waals surface area contributed by atoms with Gasteiger partial charge in [-0.05, 0) is 124 Å². The van der Waals surface area contributed by atoms with Crippen LogP contribution >= 0.6 is 0 Å². The molecule has 0 radical (unpaired) electrons. The van der Waals surface area contributed by atoms with Gasteiger partial charge in [-0.15, -0.1) is 0 Å². The van der Waals surface area contributed by atoms with Crippen LogP contribution in [-0.2, 0) is 16.2 Å². The number of aryl methyl sites for hydroxylation is 1. The Kier molecular flexibility index (Phi) is 7.44. The highest BCUT2D eigenvalue weighted by atomic mass is 15.0. The van der Waals surface area contributed by atoms with Crippen LogP contribution in [0.15, 0.2) is 121 Å². The van der Waals surface area contributed by atoms with Gasteiger partial charge in [-0.1, -0.05) is 116 Å². The normalized spacial score (nSPS) is 12.9. The van der Waals surface area contributed by atoms with E-state index in [2.05, 4.69) is 200 Å². The van der Waals surface area contributed by atoms with E-state index in [-0.39, 0.29) is 16.2 Å². The van der Waals surface area contributed by atoms with Crippen LogP contribution in [0.4, 0.5) is 0 Å². The van der Waals surface area contributed by atoms with E-state index >= 15 is 0 Å². The van der Waals surface area contributed by atoms with Crippen molar-refractivity contribution in [3.05, 3.63) is 144 Å². The number of nitrogens with zero attached hydrogens (tertiary/aromatic N) is 2. The molecule has 2 aromatic heterocycles. The third-order valence-corrected chi connectivity index (χ3v) is 10.8. The quantitative estimate of drug-likeness (QED) is 0.178. The van der Waals surface area contributed by atoms with Crippen molar-refractivity contribution in [1.29, 1.82) is 0 Å². The molecule has 0 saturated heterocycles. The zero-order chi connectivity index (χ0) is 36.0. The van der Waals surface area contributed by atoms with Gasteiger partial charge in [0.25, 0.3) is 0 Å². The van der Waals surface area contributed by atoms with Crippen molar-refractivity contribution in [3.63, 3.8) is 0 Å². The van der Waals surface area contributed by atoms with Crippen molar-refractivity contribution < 1.29 is 0 Å². The molecule has 0 atom stereocenters. The van der Waals surface area contributed by atoms with Crippen LogP contribution in [0.5, 0.6) is 0 Å². The summed E-state index contributed by atoms with van der Waals surface area (Å²) in [6.07, 6.45) is 0. The maximum atomic E-state index is 2.46. The Morgan fingerprint density at radius 3 is 1.04 bits per heavy atom. The Labute approximate surface area is 303 Å². The third kappa shape index (κ3) is 5.66. The molecule has 0 fully saturated rings. The highest BCUT2D eigenvalue weighted by Crippen LogP contribution is 2.40. The fourth-order valence-electron chi connectivity index (χ4n) is 7.77. The molecular weight excluding hydrogens is 617 g/mol. The summed E-state index contributed by atoms with van der Waals surface area (Å²) in [5, 5.41) is 5.24. The van der Waals surface area contributed by atoms with Gasteiger partial charge in [-0.3, -0.25) is 0 Å². The van der Waals surface area contributed by atoms with E-state index in [1.165, 1.54) is 88.4 Å². The Bertz CT molecular complexity index is 2570. The topological polar surface area (TPSA) is 9.86 Å². The summed E-state index contributed by atoms with van der Waals surface area (Å²) < 4.78 is 4.90. The van der Waals surface area contributed by atoms with Crippen molar-refractivity contribution >= 4 is 43.6 Å². The second-order valence-electron chi connectivity index (χ2n) is 17.7. The number of benzene rings is 6. The molecule has 0 aliphatic rings. The second kappa shape index (κ2) is 11.5. The lowest BCUT2D eigenvalue weighted by molar-refractivity contribution is 0.590. The molecule has 0 N–H and O–H groups in total. The molecule has 2 heteroatoms. The van der Waals surface area contributed by atoms with E-state index in [9.17, 15) is 0 Å². The minimum atomic E-state index is 0.0687. The van der Waals surface area contributed by atoms with E-state index in [1.807, 2.05) is 0 Å². The Morgan fingerprint density at radius 2 is 0.686 bits per heavy atom. The average Bonchev–Trinajstić information content (AvgIpc) is 3.58. The van der Waals surface area contributed by atoms with Crippen molar-refractivity contribution in [1.82, 2.24) is 9.13 Å². The van der Waals surface area contributed by atoms with Crippen molar-refractivity contribution in [3.8, 4) is 22.5 Å². The number of fused-ring (bicyclic) bond motifs is 6. The minimum absolute atomic E-state index is 0.0687. The summed E-state index contributed by atoms with van der Waals surface area (Å²) in [7, 11) is 0. The van der Waals surface area contributed by atoms with Crippen molar-refractivity contribution in [2.75, 3.05) is 0 Å². The SMILES string of the molecule is Cc1ccc2c(c1)c1cc(C(C)(C)C)ccc1n2-c1cccc(-c2cccc(-n3c4ccc(C(C)(C)C)cc4c4cc(C(C)(C)C)ccc43)c2)c1. The standard InChI is InChI=1S/C49H50N2/c1-31-17-21-43-39(25-31)40-28-34(47(2,3)4)18-22-44(40)50(43)37-15-11-13-32(26-37)33-14-12-16-38(27-33)51-45-23-19-35(48(5,6)7)29-41(45)42-30-36(49(8,9)10)20-24-46(42)51/h11-30H,1-10H3. The van der Waals surface area contributed by atoms with Crippen LogP contribution in [0.2, 0.25) is 0 Å². The monoisotopic (exact) mass is 666 g/mol. The molecule has 0 aliphatic carbocycles. The molecular formula is C49H50N2. The number of hydrogen-bond donors (Lipinski definition) is 0. The van der Waals surface area contributed by atoms with Crippen LogP contribution in [-0.4, -0.2) is 9.13 Å². The summed E-state index contributed by atoms with van der Waals surface area (Å²) in [5.74, 6) is 0. The van der Waals surface area contributed by atoms with Gasteiger partial charge < -0.3 is 9.13 Å². The van der Waals surface area contributed by atoms with Crippen molar-refractivity contribution in [2.24, 2.45) is 0 Å². The van der Waals surface area contributed by atoms with Gasteiger partial charge in [0.15, 0.2) is 0 Å². The summed E-state index contributed by atoms with van der Waals surface area (Å²) in [5.41, 5.74) is 15.3. The first-order valence-corrected chi connectivity index (χ1v) is 18.4. The molecule has 0 saturated carbocycles. The van der Waals surface area contributed by atoms with Gasteiger partial charge in [0.05, 0.1) is 22.1 Å². The van der Waals surface area contributed by atoms with Gasteiger partial charge in [0, 0.05) is 32.9 Å². The summed E-state index contributed by atoms with van der Waals surface area (Å²) in [6, 6.07) is 46.1.